The molecule has 0 bridgehead atoms. The van der Waals surface area contributed by atoms with Gasteiger partial charge < -0.3 is 15.2 Å². The highest BCUT2D eigenvalue weighted by molar-refractivity contribution is 7.13. The zero-order chi connectivity index (χ0) is 17.6. The number of carbonyl (C=O) groups is 2. The number of carboxylic acids is 1. The maximum atomic E-state index is 12.3. The fourth-order valence-corrected chi connectivity index (χ4v) is 4.17. The maximum absolute atomic E-state index is 12.3. The Kier molecular flexibility index (Phi) is 5.81. The van der Waals surface area contributed by atoms with Crippen LogP contribution in [0.2, 0.25) is 0 Å². The summed E-state index contributed by atoms with van der Waals surface area (Å²) in [5.74, 6) is -2.40. The first kappa shape index (κ1) is 17.6. The van der Waals surface area contributed by atoms with E-state index in [2.05, 4.69) is 10.3 Å². The summed E-state index contributed by atoms with van der Waals surface area (Å²) >= 11 is 1.58. The molecule has 6 heteroatoms. The first-order valence-electron chi connectivity index (χ1n) is 8.63. The molecule has 0 spiro atoms. The van der Waals surface area contributed by atoms with Crippen molar-refractivity contribution in [3.63, 3.8) is 0 Å². The maximum Gasteiger partial charge on any atom is 0.223 e. The quantitative estimate of drug-likeness (QED) is 0.857. The van der Waals surface area contributed by atoms with Gasteiger partial charge >= 0.3 is 0 Å². The second kappa shape index (κ2) is 8.25. The molecule has 1 aromatic carbocycles. The van der Waals surface area contributed by atoms with E-state index in [1.165, 1.54) is 0 Å². The zero-order valence-corrected chi connectivity index (χ0v) is 14.8. The number of rotatable bonds is 6. The molecule has 1 fully saturated rings. The average molecular weight is 357 g/mol. The molecule has 3 rings (SSSR count). The zero-order valence-electron chi connectivity index (χ0n) is 13.9. The minimum absolute atomic E-state index is 0.174. The average Bonchev–Trinajstić information content (AvgIpc) is 3.11. The number of aliphatic carboxylic acids is 1. The van der Waals surface area contributed by atoms with Crippen molar-refractivity contribution >= 4 is 23.2 Å². The van der Waals surface area contributed by atoms with Gasteiger partial charge in [-0.2, -0.15) is 0 Å². The van der Waals surface area contributed by atoms with Gasteiger partial charge in [0.1, 0.15) is 5.01 Å². The number of amides is 1. The molecular formula is C19H21N2O3S-. The molecule has 0 saturated heterocycles. The monoisotopic (exact) mass is 357 g/mol. The standard InChI is InChI=1S/C19H22N2O3S/c22-17(15-8-4-5-9-16(15)19(23)24)20-11-10-14-12-25-18(21-14)13-6-2-1-3-7-13/h1-3,6-7,12,15-16H,4-5,8-11H2,(H,20,22)(H,23,24)/p-1/t15-,16+/m0/s1. The molecule has 0 unspecified atom stereocenters. The van der Waals surface area contributed by atoms with Crippen LogP contribution in [0.15, 0.2) is 35.7 Å². The fourth-order valence-electron chi connectivity index (χ4n) is 3.31. The SMILES string of the molecule is O=C(NCCc1csc(-c2ccccc2)n1)[C@H]1CCCC[C@H]1C(=O)[O-]. The molecule has 0 aliphatic heterocycles. The molecule has 1 saturated carbocycles. The van der Waals surface area contributed by atoms with Crippen molar-refractivity contribution in [2.45, 2.75) is 32.1 Å². The molecular weight excluding hydrogens is 336 g/mol. The number of thiazole rings is 1. The molecule has 1 aromatic heterocycles. The van der Waals surface area contributed by atoms with Gasteiger partial charge in [0.2, 0.25) is 5.91 Å². The van der Waals surface area contributed by atoms with E-state index < -0.39 is 17.8 Å². The van der Waals surface area contributed by atoms with E-state index in [4.69, 9.17) is 0 Å². The first-order valence-corrected chi connectivity index (χ1v) is 9.51. The highest BCUT2D eigenvalue weighted by atomic mass is 32.1. The lowest BCUT2D eigenvalue weighted by molar-refractivity contribution is -0.314. The van der Waals surface area contributed by atoms with Crippen LogP contribution in [-0.2, 0) is 16.0 Å². The second-order valence-electron chi connectivity index (χ2n) is 6.37. The van der Waals surface area contributed by atoms with E-state index in [1.807, 2.05) is 35.7 Å². The Labute approximate surface area is 151 Å². The smallest absolute Gasteiger partial charge is 0.223 e. The van der Waals surface area contributed by atoms with E-state index in [0.29, 0.717) is 25.8 Å². The van der Waals surface area contributed by atoms with Crippen LogP contribution in [0.4, 0.5) is 0 Å². The van der Waals surface area contributed by atoms with Gasteiger partial charge in [-0.15, -0.1) is 11.3 Å². The van der Waals surface area contributed by atoms with Crippen LogP contribution in [0.3, 0.4) is 0 Å². The predicted octanol–water partition coefficient (Wildman–Crippen LogP) is 2.03. The molecule has 1 N–H and O–H groups in total. The molecule has 1 heterocycles. The van der Waals surface area contributed by atoms with Crippen LogP contribution in [-0.4, -0.2) is 23.4 Å². The highest BCUT2D eigenvalue weighted by Crippen LogP contribution is 2.30. The van der Waals surface area contributed by atoms with Gasteiger partial charge in [-0.1, -0.05) is 43.2 Å². The largest absolute Gasteiger partial charge is 0.550 e. The van der Waals surface area contributed by atoms with Gasteiger partial charge in [0.15, 0.2) is 0 Å². The summed E-state index contributed by atoms with van der Waals surface area (Å²) in [7, 11) is 0. The predicted molar refractivity (Wildman–Crippen MR) is 94.7 cm³/mol. The number of hydrogen-bond acceptors (Lipinski definition) is 5. The van der Waals surface area contributed by atoms with Gasteiger partial charge in [0, 0.05) is 41.7 Å². The topological polar surface area (TPSA) is 82.1 Å². The minimum atomic E-state index is -1.10. The van der Waals surface area contributed by atoms with Gasteiger partial charge in [0.05, 0.1) is 5.69 Å². The summed E-state index contributed by atoms with van der Waals surface area (Å²) in [4.78, 5) is 28.1. The van der Waals surface area contributed by atoms with Gasteiger partial charge in [-0.25, -0.2) is 4.98 Å². The van der Waals surface area contributed by atoms with Crippen molar-refractivity contribution < 1.29 is 14.7 Å². The molecule has 1 aliphatic carbocycles. The number of benzene rings is 1. The number of hydrogen-bond donors (Lipinski definition) is 1. The Morgan fingerprint density at radius 3 is 2.60 bits per heavy atom. The van der Waals surface area contributed by atoms with Gasteiger partial charge in [-0.05, 0) is 12.8 Å². The molecule has 2 aromatic rings. The molecule has 132 valence electrons. The molecule has 2 atom stereocenters. The van der Waals surface area contributed by atoms with Crippen molar-refractivity contribution in [2.75, 3.05) is 6.54 Å². The third-order valence-corrected chi connectivity index (χ3v) is 5.60. The number of nitrogens with zero attached hydrogens (tertiary/aromatic N) is 1. The third kappa shape index (κ3) is 4.45. The molecule has 5 nitrogen and oxygen atoms in total. The third-order valence-electron chi connectivity index (χ3n) is 4.66. The number of aromatic nitrogens is 1. The van der Waals surface area contributed by atoms with Gasteiger partial charge in [-0.3, -0.25) is 4.79 Å². The lowest BCUT2D eigenvalue weighted by Crippen LogP contribution is -2.44. The summed E-state index contributed by atoms with van der Waals surface area (Å²) < 4.78 is 0. The Hall–Kier alpha value is -2.21. The summed E-state index contributed by atoms with van der Waals surface area (Å²) in [5.41, 5.74) is 2.02. The normalized spacial score (nSPS) is 20.2. The van der Waals surface area contributed by atoms with E-state index in [1.54, 1.807) is 11.3 Å². The lowest BCUT2D eigenvalue weighted by Gasteiger charge is -2.31. The Bertz CT molecular complexity index is 729. The fraction of sp³-hybridized carbons (Fsp3) is 0.421. The highest BCUT2D eigenvalue weighted by Gasteiger charge is 2.31. The summed E-state index contributed by atoms with van der Waals surface area (Å²) in [5, 5.41) is 17.0. The Morgan fingerprint density at radius 1 is 1.16 bits per heavy atom. The van der Waals surface area contributed by atoms with Crippen LogP contribution in [0, 0.1) is 11.8 Å². The lowest BCUT2D eigenvalue weighted by atomic mass is 9.78. The van der Waals surface area contributed by atoms with E-state index >= 15 is 0 Å². The van der Waals surface area contributed by atoms with Crippen molar-refractivity contribution in [2.24, 2.45) is 11.8 Å². The number of carboxylic acid groups (broad SMARTS) is 1. The second-order valence-corrected chi connectivity index (χ2v) is 7.23. The van der Waals surface area contributed by atoms with Crippen molar-refractivity contribution in [3.05, 3.63) is 41.4 Å². The van der Waals surface area contributed by atoms with Crippen molar-refractivity contribution in [3.8, 4) is 10.6 Å². The van der Waals surface area contributed by atoms with E-state index in [9.17, 15) is 14.7 Å². The van der Waals surface area contributed by atoms with Crippen LogP contribution >= 0.6 is 11.3 Å². The Balaban J connectivity index is 1.52. The van der Waals surface area contributed by atoms with Crippen LogP contribution < -0.4 is 10.4 Å². The minimum Gasteiger partial charge on any atom is -0.550 e. The molecule has 1 amide bonds. The Morgan fingerprint density at radius 2 is 1.88 bits per heavy atom. The van der Waals surface area contributed by atoms with Crippen LogP contribution in [0.5, 0.6) is 0 Å². The van der Waals surface area contributed by atoms with Crippen LogP contribution in [0.1, 0.15) is 31.4 Å². The summed E-state index contributed by atoms with van der Waals surface area (Å²) in [6.07, 6.45) is 3.54. The molecule has 25 heavy (non-hydrogen) atoms. The van der Waals surface area contributed by atoms with E-state index in [-0.39, 0.29) is 5.91 Å². The van der Waals surface area contributed by atoms with Crippen LogP contribution in [0.25, 0.3) is 10.6 Å². The first-order chi connectivity index (χ1) is 12.1. The van der Waals surface area contributed by atoms with Crippen molar-refractivity contribution in [1.29, 1.82) is 0 Å². The molecule has 0 radical (unpaired) electrons. The number of nitrogens with one attached hydrogen (secondary N) is 1. The summed E-state index contributed by atoms with van der Waals surface area (Å²) in [6.45, 7) is 0.465. The van der Waals surface area contributed by atoms with E-state index in [0.717, 1.165) is 29.1 Å². The van der Waals surface area contributed by atoms with Gasteiger partial charge in [0.25, 0.3) is 0 Å². The molecule has 1 aliphatic rings. The summed E-state index contributed by atoms with van der Waals surface area (Å²) in [6, 6.07) is 9.98. The van der Waals surface area contributed by atoms with Crippen molar-refractivity contribution in [1.82, 2.24) is 10.3 Å². The number of carbonyl (C=O) groups excluding carboxylic acids is 2.